The van der Waals surface area contributed by atoms with E-state index in [1.807, 2.05) is 48.5 Å². The van der Waals surface area contributed by atoms with E-state index in [0.717, 1.165) is 28.3 Å². The summed E-state index contributed by atoms with van der Waals surface area (Å²) in [5.74, 6) is -0.109. The molecule has 0 aliphatic heterocycles. The molecule has 3 aromatic rings. The number of amides is 1. The predicted molar refractivity (Wildman–Crippen MR) is 122 cm³/mol. The lowest BCUT2D eigenvalue weighted by molar-refractivity contribution is -0.385. The summed E-state index contributed by atoms with van der Waals surface area (Å²) in [4.78, 5) is 22.6. The number of carbonyl (C=O) groups excluding carboxylic acids is 1. The number of nitrogens with zero attached hydrogens (tertiary/aromatic N) is 1. The molecular formula is C24H21ClN2O6. The van der Waals surface area contributed by atoms with Crippen LogP contribution >= 0.6 is 11.6 Å². The molecule has 170 valence electrons. The van der Waals surface area contributed by atoms with Crippen molar-refractivity contribution >= 4 is 23.4 Å². The smallest absolute Gasteiger partial charge is 0.407 e. The van der Waals surface area contributed by atoms with Gasteiger partial charge in [-0.1, -0.05) is 60.1 Å². The number of nitrogens with one attached hydrogen (secondary N) is 1. The molecule has 2 atom stereocenters. The summed E-state index contributed by atoms with van der Waals surface area (Å²) in [6.07, 6.45) is -3.75. The van der Waals surface area contributed by atoms with Gasteiger partial charge in [0.2, 0.25) is 0 Å². The van der Waals surface area contributed by atoms with Gasteiger partial charge in [0, 0.05) is 35.2 Å². The van der Waals surface area contributed by atoms with Crippen LogP contribution in [0.2, 0.25) is 5.02 Å². The normalized spacial score (nSPS) is 14.2. The Bertz CT molecular complexity index is 1160. The highest BCUT2D eigenvalue weighted by molar-refractivity contribution is 6.31. The number of nitro groups is 1. The minimum Gasteiger partial charge on any atom is -0.449 e. The Morgan fingerprint density at radius 2 is 1.67 bits per heavy atom. The van der Waals surface area contributed by atoms with Gasteiger partial charge in [-0.2, -0.15) is 0 Å². The molecule has 0 saturated carbocycles. The number of ether oxygens (including phenoxy) is 1. The van der Waals surface area contributed by atoms with Gasteiger partial charge < -0.3 is 20.3 Å². The summed E-state index contributed by atoms with van der Waals surface area (Å²) in [7, 11) is 0. The predicted octanol–water partition coefficient (Wildman–Crippen LogP) is 4.18. The standard InChI is InChI=1S/C24H21ClN2O6/c25-21-10-9-14(27(31)32)11-19(21)23(29)22(28)12-26-24(30)33-13-20-17-7-3-1-5-15(17)16-6-2-4-8-18(16)20/h1-11,20,22-23,28-29H,12-13H2,(H,26,30). The van der Waals surface area contributed by atoms with Crippen molar-refractivity contribution in [3.8, 4) is 11.1 Å². The molecule has 9 heteroatoms. The number of hydrogen-bond donors (Lipinski definition) is 3. The van der Waals surface area contributed by atoms with Gasteiger partial charge in [0.1, 0.15) is 18.8 Å². The average Bonchev–Trinajstić information content (AvgIpc) is 3.14. The second kappa shape index (κ2) is 9.58. The Morgan fingerprint density at radius 1 is 1.06 bits per heavy atom. The highest BCUT2D eigenvalue weighted by Gasteiger charge is 2.29. The van der Waals surface area contributed by atoms with E-state index >= 15 is 0 Å². The number of benzene rings is 3. The average molecular weight is 469 g/mol. The monoisotopic (exact) mass is 468 g/mol. The summed E-state index contributed by atoms with van der Waals surface area (Å²) >= 11 is 6.00. The third kappa shape index (κ3) is 4.68. The minimum atomic E-state index is -1.54. The van der Waals surface area contributed by atoms with E-state index in [2.05, 4.69) is 5.32 Å². The number of nitro benzene ring substituents is 1. The summed E-state index contributed by atoms with van der Waals surface area (Å²) in [5.41, 5.74) is 4.08. The number of aliphatic hydroxyl groups excluding tert-OH is 2. The number of aliphatic hydroxyl groups is 2. The van der Waals surface area contributed by atoms with E-state index in [-0.39, 0.29) is 35.3 Å². The third-order valence-corrected chi connectivity index (χ3v) is 6.02. The van der Waals surface area contributed by atoms with Gasteiger partial charge in [0.05, 0.1) is 4.92 Å². The lowest BCUT2D eigenvalue weighted by Gasteiger charge is -2.20. The van der Waals surface area contributed by atoms with Gasteiger partial charge in [-0.05, 0) is 28.3 Å². The molecule has 0 spiro atoms. The van der Waals surface area contributed by atoms with Crippen LogP contribution in [0.4, 0.5) is 10.5 Å². The highest BCUT2D eigenvalue weighted by Crippen LogP contribution is 2.44. The van der Waals surface area contributed by atoms with Crippen LogP contribution in [0, 0.1) is 10.1 Å². The number of fused-ring (bicyclic) bond motifs is 3. The summed E-state index contributed by atoms with van der Waals surface area (Å²) in [6, 6.07) is 19.4. The summed E-state index contributed by atoms with van der Waals surface area (Å²) < 4.78 is 5.39. The van der Waals surface area contributed by atoms with Crippen LogP contribution in [0.1, 0.15) is 28.7 Å². The number of carbonyl (C=O) groups is 1. The van der Waals surface area contributed by atoms with Crippen LogP contribution in [0.25, 0.3) is 11.1 Å². The van der Waals surface area contributed by atoms with Crippen molar-refractivity contribution in [2.75, 3.05) is 13.2 Å². The van der Waals surface area contributed by atoms with Crippen LogP contribution in [0.15, 0.2) is 66.7 Å². The lowest BCUT2D eigenvalue weighted by Crippen LogP contribution is -2.36. The number of rotatable bonds is 7. The molecule has 33 heavy (non-hydrogen) atoms. The molecule has 0 aromatic heterocycles. The van der Waals surface area contributed by atoms with E-state index in [0.29, 0.717) is 0 Å². The molecule has 1 amide bonds. The molecule has 0 fully saturated rings. The topological polar surface area (TPSA) is 122 Å². The highest BCUT2D eigenvalue weighted by atomic mass is 35.5. The first-order chi connectivity index (χ1) is 15.9. The summed E-state index contributed by atoms with van der Waals surface area (Å²) in [6.45, 7) is -0.230. The molecule has 0 bridgehead atoms. The van der Waals surface area contributed by atoms with Crippen molar-refractivity contribution in [1.29, 1.82) is 0 Å². The Labute approximate surface area is 194 Å². The Morgan fingerprint density at radius 3 is 2.27 bits per heavy atom. The molecule has 8 nitrogen and oxygen atoms in total. The first-order valence-corrected chi connectivity index (χ1v) is 10.6. The van der Waals surface area contributed by atoms with Crippen molar-refractivity contribution in [3.05, 3.63) is 98.6 Å². The molecule has 4 rings (SSSR count). The fourth-order valence-electron chi connectivity index (χ4n) is 4.03. The molecule has 0 heterocycles. The van der Waals surface area contributed by atoms with Crippen molar-refractivity contribution in [3.63, 3.8) is 0 Å². The Balaban J connectivity index is 1.36. The Hall–Kier alpha value is -3.46. The van der Waals surface area contributed by atoms with Crippen molar-refractivity contribution < 1.29 is 24.7 Å². The second-order valence-electron chi connectivity index (χ2n) is 7.68. The fraction of sp³-hybridized carbons (Fsp3) is 0.208. The van der Waals surface area contributed by atoms with Crippen molar-refractivity contribution in [1.82, 2.24) is 5.32 Å². The maximum Gasteiger partial charge on any atom is 0.407 e. The van der Waals surface area contributed by atoms with Gasteiger partial charge in [-0.3, -0.25) is 10.1 Å². The molecule has 3 aromatic carbocycles. The van der Waals surface area contributed by atoms with Crippen LogP contribution in [0.5, 0.6) is 0 Å². The largest absolute Gasteiger partial charge is 0.449 e. The fourth-order valence-corrected chi connectivity index (χ4v) is 4.26. The zero-order valence-electron chi connectivity index (χ0n) is 17.3. The molecule has 0 radical (unpaired) electrons. The van der Waals surface area contributed by atoms with E-state index in [1.165, 1.54) is 12.1 Å². The van der Waals surface area contributed by atoms with Crippen molar-refractivity contribution in [2.24, 2.45) is 0 Å². The number of hydrogen-bond acceptors (Lipinski definition) is 6. The molecule has 1 aliphatic carbocycles. The number of alkyl carbamates (subject to hydrolysis) is 1. The first kappa shape index (κ1) is 22.7. The first-order valence-electron chi connectivity index (χ1n) is 10.3. The maximum absolute atomic E-state index is 12.3. The SMILES string of the molecule is O=C(NCC(O)C(O)c1cc([N+](=O)[O-])ccc1Cl)OCC1c2ccccc2-c2ccccc21. The third-order valence-electron chi connectivity index (χ3n) is 5.67. The maximum atomic E-state index is 12.3. The zero-order chi connectivity index (χ0) is 23.5. The van der Waals surface area contributed by atoms with Gasteiger partial charge >= 0.3 is 6.09 Å². The molecule has 3 N–H and O–H groups in total. The van der Waals surface area contributed by atoms with Crippen LogP contribution < -0.4 is 5.32 Å². The molecule has 1 aliphatic rings. The van der Waals surface area contributed by atoms with Gasteiger partial charge in [0.25, 0.3) is 5.69 Å². The van der Waals surface area contributed by atoms with Gasteiger partial charge in [-0.15, -0.1) is 0 Å². The van der Waals surface area contributed by atoms with Gasteiger partial charge in [-0.25, -0.2) is 4.79 Å². The zero-order valence-corrected chi connectivity index (χ0v) is 18.1. The van der Waals surface area contributed by atoms with E-state index in [1.54, 1.807) is 0 Å². The van der Waals surface area contributed by atoms with Crippen molar-refractivity contribution in [2.45, 2.75) is 18.1 Å². The van der Waals surface area contributed by atoms with E-state index < -0.39 is 23.2 Å². The molecule has 0 saturated heterocycles. The number of halogens is 1. The molecular weight excluding hydrogens is 448 g/mol. The minimum absolute atomic E-state index is 0.00676. The Kier molecular flexibility index (Phi) is 6.60. The van der Waals surface area contributed by atoms with Crippen LogP contribution in [-0.2, 0) is 4.74 Å². The number of non-ortho nitro benzene ring substituents is 1. The lowest BCUT2D eigenvalue weighted by atomic mass is 9.98. The van der Waals surface area contributed by atoms with E-state index in [4.69, 9.17) is 16.3 Å². The van der Waals surface area contributed by atoms with Gasteiger partial charge in [0.15, 0.2) is 0 Å². The van der Waals surface area contributed by atoms with E-state index in [9.17, 15) is 25.1 Å². The van der Waals surface area contributed by atoms with Crippen LogP contribution in [-0.4, -0.2) is 40.5 Å². The second-order valence-corrected chi connectivity index (χ2v) is 8.09. The van der Waals surface area contributed by atoms with Crippen LogP contribution in [0.3, 0.4) is 0 Å². The summed E-state index contributed by atoms with van der Waals surface area (Å²) in [5, 5.41) is 34.1. The molecule has 2 unspecified atom stereocenters. The quantitative estimate of drug-likeness (QED) is 0.353.